The normalized spacial score (nSPS) is 11.6. The molecule has 0 unspecified atom stereocenters. The maximum absolute atomic E-state index is 6.30. The predicted octanol–water partition coefficient (Wildman–Crippen LogP) is 10.4. The van der Waals surface area contributed by atoms with Gasteiger partial charge in [0.1, 0.15) is 11.2 Å². The number of nitrogens with zero attached hydrogens (tertiary/aromatic N) is 3. The van der Waals surface area contributed by atoms with Crippen LogP contribution in [0.1, 0.15) is 0 Å². The number of pyridine rings is 1. The van der Waals surface area contributed by atoms with Gasteiger partial charge in [0.05, 0.1) is 0 Å². The van der Waals surface area contributed by atoms with Crippen molar-refractivity contribution < 1.29 is 4.42 Å². The summed E-state index contributed by atoms with van der Waals surface area (Å²) < 4.78 is 8.42. The minimum atomic E-state index is 0.807. The first-order valence-electron chi connectivity index (χ1n) is 14.8. The molecule has 0 spiro atoms. The third-order valence-electron chi connectivity index (χ3n) is 8.57. The Kier molecular flexibility index (Phi) is 5.47. The van der Waals surface area contributed by atoms with E-state index in [2.05, 4.69) is 148 Å². The molecule has 0 atom stereocenters. The third kappa shape index (κ3) is 3.85. The molecule has 4 heteroatoms. The van der Waals surface area contributed by atoms with Gasteiger partial charge >= 0.3 is 0 Å². The van der Waals surface area contributed by atoms with Crippen LogP contribution in [-0.2, 0) is 0 Å². The van der Waals surface area contributed by atoms with E-state index in [1.165, 1.54) is 11.1 Å². The van der Waals surface area contributed by atoms with Gasteiger partial charge in [0.25, 0.3) is 0 Å². The Morgan fingerprint density at radius 2 is 1.00 bits per heavy atom. The smallest absolute Gasteiger partial charge is 0.169 e. The van der Waals surface area contributed by atoms with Gasteiger partial charge in [0, 0.05) is 39.0 Å². The highest BCUT2D eigenvalue weighted by molar-refractivity contribution is 6.09. The fourth-order valence-corrected chi connectivity index (χ4v) is 6.38. The van der Waals surface area contributed by atoms with Crippen LogP contribution in [-0.4, -0.2) is 14.6 Å². The van der Waals surface area contributed by atoms with E-state index in [1.54, 1.807) is 0 Å². The fourth-order valence-electron chi connectivity index (χ4n) is 6.38. The largest absolute Gasteiger partial charge is 0.455 e. The molecule has 4 nitrogen and oxygen atoms in total. The SMILES string of the molecule is c1ccc(-c2ccc(-c3cn4c(-c5ccc(-c6cccc7c6oc6ccccc67)cc5)nnc4c4ccccc34)cc2)cc1. The molecule has 9 rings (SSSR count). The molecule has 0 aliphatic carbocycles. The Bertz CT molecular complexity index is 2470. The maximum Gasteiger partial charge on any atom is 0.169 e. The molecule has 6 aromatic carbocycles. The van der Waals surface area contributed by atoms with Crippen molar-refractivity contribution in [2.75, 3.05) is 0 Å². The zero-order chi connectivity index (χ0) is 29.0. The molecular formula is C40H25N3O. The van der Waals surface area contributed by atoms with Crippen LogP contribution in [0.25, 0.3) is 83.1 Å². The average Bonchev–Trinajstić information content (AvgIpc) is 3.71. The summed E-state index contributed by atoms with van der Waals surface area (Å²) in [4.78, 5) is 0. The summed E-state index contributed by atoms with van der Waals surface area (Å²) in [6, 6.07) is 50.8. The Labute approximate surface area is 253 Å². The summed E-state index contributed by atoms with van der Waals surface area (Å²) in [5, 5.41) is 13.8. The number of aromatic nitrogens is 3. The molecule has 206 valence electrons. The van der Waals surface area contributed by atoms with Crippen molar-refractivity contribution in [2.24, 2.45) is 0 Å². The summed E-state index contributed by atoms with van der Waals surface area (Å²) in [6.45, 7) is 0. The van der Waals surface area contributed by atoms with Gasteiger partial charge in [-0.05, 0) is 33.7 Å². The lowest BCUT2D eigenvalue weighted by Gasteiger charge is -2.11. The zero-order valence-corrected chi connectivity index (χ0v) is 23.7. The van der Waals surface area contributed by atoms with Gasteiger partial charge in [-0.1, -0.05) is 140 Å². The second-order valence-electron chi connectivity index (χ2n) is 11.1. The van der Waals surface area contributed by atoms with E-state index in [-0.39, 0.29) is 0 Å². The Morgan fingerprint density at radius 1 is 0.409 bits per heavy atom. The van der Waals surface area contributed by atoms with Gasteiger partial charge in [-0.25, -0.2) is 0 Å². The molecule has 0 aliphatic rings. The zero-order valence-electron chi connectivity index (χ0n) is 23.7. The lowest BCUT2D eigenvalue weighted by atomic mass is 9.97. The number of hydrogen-bond acceptors (Lipinski definition) is 3. The molecular weight excluding hydrogens is 538 g/mol. The molecule has 0 aliphatic heterocycles. The van der Waals surface area contributed by atoms with Gasteiger partial charge in [0.15, 0.2) is 11.5 Å². The Balaban J connectivity index is 1.15. The lowest BCUT2D eigenvalue weighted by Crippen LogP contribution is -1.94. The molecule has 3 aromatic heterocycles. The highest BCUT2D eigenvalue weighted by Crippen LogP contribution is 2.37. The van der Waals surface area contributed by atoms with Crippen LogP contribution in [0, 0.1) is 0 Å². The predicted molar refractivity (Wildman–Crippen MR) is 180 cm³/mol. The van der Waals surface area contributed by atoms with Crippen molar-refractivity contribution in [1.29, 1.82) is 0 Å². The first kappa shape index (κ1) is 24.6. The number of hydrogen-bond donors (Lipinski definition) is 0. The van der Waals surface area contributed by atoms with Crippen molar-refractivity contribution in [3.8, 4) is 44.8 Å². The minimum absolute atomic E-state index is 0.807. The second-order valence-corrected chi connectivity index (χ2v) is 11.1. The Morgan fingerprint density at radius 3 is 1.80 bits per heavy atom. The fraction of sp³-hybridized carbons (Fsp3) is 0. The summed E-state index contributed by atoms with van der Waals surface area (Å²) in [5.41, 5.74) is 10.5. The summed E-state index contributed by atoms with van der Waals surface area (Å²) in [5.74, 6) is 0.807. The van der Waals surface area contributed by atoms with E-state index in [4.69, 9.17) is 4.42 Å². The van der Waals surface area contributed by atoms with Crippen molar-refractivity contribution in [3.63, 3.8) is 0 Å². The van der Waals surface area contributed by atoms with Crippen LogP contribution >= 0.6 is 0 Å². The number of fused-ring (bicyclic) bond motifs is 6. The molecule has 0 saturated heterocycles. The molecule has 0 fully saturated rings. The van der Waals surface area contributed by atoms with E-state index < -0.39 is 0 Å². The molecule has 0 N–H and O–H groups in total. The average molecular weight is 564 g/mol. The van der Waals surface area contributed by atoms with E-state index >= 15 is 0 Å². The molecule has 0 saturated carbocycles. The number of para-hydroxylation sites is 2. The van der Waals surface area contributed by atoms with Crippen LogP contribution in [0.5, 0.6) is 0 Å². The second kappa shape index (κ2) is 9.79. The quantitative estimate of drug-likeness (QED) is 0.214. The highest BCUT2D eigenvalue weighted by atomic mass is 16.3. The summed E-state index contributed by atoms with van der Waals surface area (Å²) >= 11 is 0. The van der Waals surface area contributed by atoms with E-state index in [9.17, 15) is 0 Å². The van der Waals surface area contributed by atoms with E-state index in [1.807, 2.05) is 18.2 Å². The molecule has 0 bridgehead atoms. The van der Waals surface area contributed by atoms with Crippen LogP contribution < -0.4 is 0 Å². The van der Waals surface area contributed by atoms with Gasteiger partial charge in [-0.3, -0.25) is 4.40 Å². The van der Waals surface area contributed by atoms with Gasteiger partial charge in [-0.2, -0.15) is 0 Å². The van der Waals surface area contributed by atoms with E-state index in [0.29, 0.717) is 0 Å². The van der Waals surface area contributed by atoms with Crippen LogP contribution in [0.2, 0.25) is 0 Å². The van der Waals surface area contributed by atoms with Gasteiger partial charge in [-0.15, -0.1) is 10.2 Å². The Hall–Kier alpha value is -6.00. The highest BCUT2D eigenvalue weighted by Gasteiger charge is 2.16. The van der Waals surface area contributed by atoms with Crippen LogP contribution in [0.4, 0.5) is 0 Å². The van der Waals surface area contributed by atoms with Crippen LogP contribution in [0.3, 0.4) is 0 Å². The summed E-state index contributed by atoms with van der Waals surface area (Å²) in [6.07, 6.45) is 2.17. The molecule has 0 amide bonds. The minimum Gasteiger partial charge on any atom is -0.455 e. The standard InChI is InChI=1S/C40H25N3O/c1-2-9-26(10-3-1)27-17-19-29(20-18-27)36-25-43-39(41-42-40(43)35-13-5-4-11-32(35)36)30-23-21-28(22-24-30)31-14-8-15-34-33-12-6-7-16-37(33)44-38(31)34/h1-25H. The topological polar surface area (TPSA) is 43.3 Å². The number of rotatable bonds is 4. The van der Waals surface area contributed by atoms with Crippen molar-refractivity contribution in [3.05, 3.63) is 152 Å². The monoisotopic (exact) mass is 563 g/mol. The molecule has 9 aromatic rings. The maximum atomic E-state index is 6.30. The van der Waals surface area contributed by atoms with Crippen molar-refractivity contribution in [2.45, 2.75) is 0 Å². The molecule has 44 heavy (non-hydrogen) atoms. The van der Waals surface area contributed by atoms with E-state index in [0.717, 1.165) is 72.0 Å². The molecule has 3 heterocycles. The number of benzene rings is 6. The number of furan rings is 1. The third-order valence-corrected chi connectivity index (χ3v) is 8.57. The van der Waals surface area contributed by atoms with Gasteiger partial charge in [0.2, 0.25) is 0 Å². The lowest BCUT2D eigenvalue weighted by molar-refractivity contribution is 0.670. The first-order chi connectivity index (χ1) is 21.8. The summed E-state index contributed by atoms with van der Waals surface area (Å²) in [7, 11) is 0. The first-order valence-corrected chi connectivity index (χ1v) is 14.8. The van der Waals surface area contributed by atoms with Crippen molar-refractivity contribution >= 4 is 38.4 Å². The van der Waals surface area contributed by atoms with Crippen molar-refractivity contribution in [1.82, 2.24) is 14.6 Å². The molecule has 0 radical (unpaired) electrons. The van der Waals surface area contributed by atoms with Crippen LogP contribution in [0.15, 0.2) is 156 Å². The van der Waals surface area contributed by atoms with Gasteiger partial charge < -0.3 is 4.42 Å².